The van der Waals surface area contributed by atoms with Gasteiger partial charge in [-0.05, 0) is 45.0 Å². The first kappa shape index (κ1) is 16.0. The number of benzene rings is 1. The molecule has 1 fully saturated rings. The summed E-state index contributed by atoms with van der Waals surface area (Å²) < 4.78 is 1.10. The Hall–Kier alpha value is -0.420. The zero-order valence-corrected chi connectivity index (χ0v) is 14.4. The van der Waals surface area contributed by atoms with E-state index in [9.17, 15) is 0 Å². The quantitative estimate of drug-likeness (QED) is 0.915. The van der Waals surface area contributed by atoms with Crippen LogP contribution < -0.4 is 5.73 Å². The van der Waals surface area contributed by atoms with Crippen LogP contribution in [0.2, 0.25) is 0 Å². The average Bonchev–Trinajstić information content (AvgIpc) is 2.39. The molecule has 0 saturated carbocycles. The number of likely N-dealkylation sites (N-methyl/N-ethyl adjacent to an activating group) is 1. The highest BCUT2D eigenvalue weighted by Gasteiger charge is 2.30. The van der Waals surface area contributed by atoms with E-state index in [1.54, 1.807) is 0 Å². The summed E-state index contributed by atoms with van der Waals surface area (Å²) in [4.78, 5) is 4.98. The first-order chi connectivity index (χ1) is 9.38. The van der Waals surface area contributed by atoms with Crippen molar-refractivity contribution < 1.29 is 0 Å². The lowest BCUT2D eigenvalue weighted by molar-refractivity contribution is 0.0387. The Kier molecular flexibility index (Phi) is 5.24. The number of hydrogen-bond acceptors (Lipinski definition) is 3. The number of nitrogens with zero attached hydrogens (tertiary/aromatic N) is 2. The van der Waals surface area contributed by atoms with Crippen LogP contribution >= 0.6 is 15.9 Å². The molecule has 1 unspecified atom stereocenters. The zero-order valence-electron chi connectivity index (χ0n) is 12.8. The maximum absolute atomic E-state index is 6.32. The van der Waals surface area contributed by atoms with Gasteiger partial charge in [-0.1, -0.05) is 28.1 Å². The fraction of sp³-hybridized carbons (Fsp3) is 0.625. The Labute approximate surface area is 131 Å². The van der Waals surface area contributed by atoms with E-state index >= 15 is 0 Å². The summed E-state index contributed by atoms with van der Waals surface area (Å²) in [5.41, 5.74) is 7.80. The second kappa shape index (κ2) is 6.56. The van der Waals surface area contributed by atoms with Crippen molar-refractivity contribution in [1.82, 2.24) is 9.80 Å². The minimum atomic E-state index is 0.121. The molecule has 0 spiro atoms. The lowest BCUT2D eigenvalue weighted by atomic mass is 9.98. The Morgan fingerprint density at radius 2 is 2.10 bits per heavy atom. The summed E-state index contributed by atoms with van der Waals surface area (Å²) in [5, 5.41) is 0. The van der Waals surface area contributed by atoms with Crippen LogP contribution in [0.1, 0.15) is 31.9 Å². The largest absolute Gasteiger partial charge is 0.324 e. The third kappa shape index (κ3) is 4.04. The van der Waals surface area contributed by atoms with Crippen molar-refractivity contribution in [2.45, 2.75) is 31.8 Å². The van der Waals surface area contributed by atoms with E-state index in [4.69, 9.17) is 5.73 Å². The van der Waals surface area contributed by atoms with E-state index in [0.717, 1.165) is 37.1 Å². The van der Waals surface area contributed by atoms with Gasteiger partial charge < -0.3 is 10.6 Å². The van der Waals surface area contributed by atoms with E-state index in [1.807, 2.05) is 6.07 Å². The van der Waals surface area contributed by atoms with Gasteiger partial charge in [-0.25, -0.2) is 0 Å². The van der Waals surface area contributed by atoms with Crippen molar-refractivity contribution in [1.29, 1.82) is 0 Å². The first-order valence-corrected chi connectivity index (χ1v) is 8.12. The fourth-order valence-corrected chi connectivity index (χ4v) is 3.17. The highest BCUT2D eigenvalue weighted by atomic mass is 79.9. The van der Waals surface area contributed by atoms with Crippen LogP contribution in [-0.4, -0.2) is 48.6 Å². The van der Waals surface area contributed by atoms with Crippen LogP contribution in [0.25, 0.3) is 0 Å². The number of rotatable bonds is 4. The molecule has 0 bridgehead atoms. The predicted molar refractivity (Wildman–Crippen MR) is 88.8 cm³/mol. The molecule has 20 heavy (non-hydrogen) atoms. The number of halogens is 1. The molecule has 0 aliphatic carbocycles. The summed E-state index contributed by atoms with van der Waals surface area (Å²) in [7, 11) is 2.21. The summed E-state index contributed by atoms with van der Waals surface area (Å²) in [5.74, 6) is 0. The molecule has 1 heterocycles. The second-order valence-corrected chi connectivity index (χ2v) is 7.38. The third-order valence-corrected chi connectivity index (χ3v) is 4.92. The highest BCUT2D eigenvalue weighted by molar-refractivity contribution is 9.10. The van der Waals surface area contributed by atoms with E-state index in [0.29, 0.717) is 0 Å². The van der Waals surface area contributed by atoms with Crippen LogP contribution in [0, 0.1) is 0 Å². The summed E-state index contributed by atoms with van der Waals surface area (Å²) in [6.07, 6.45) is 1.01. The Balaban J connectivity index is 1.86. The molecule has 2 rings (SSSR count). The molecular formula is C16H26BrN3. The molecule has 0 radical (unpaired) electrons. The Bertz CT molecular complexity index is 447. The van der Waals surface area contributed by atoms with Crippen molar-refractivity contribution in [2.24, 2.45) is 5.73 Å². The molecule has 2 N–H and O–H groups in total. The minimum absolute atomic E-state index is 0.121. The smallest absolute Gasteiger partial charge is 0.0307 e. The molecule has 1 aliphatic rings. The van der Waals surface area contributed by atoms with Gasteiger partial charge in [-0.2, -0.15) is 0 Å². The van der Waals surface area contributed by atoms with Crippen molar-refractivity contribution in [2.75, 3.05) is 33.2 Å². The average molecular weight is 340 g/mol. The maximum atomic E-state index is 6.32. The van der Waals surface area contributed by atoms with Crippen molar-refractivity contribution in [3.05, 3.63) is 34.3 Å². The van der Waals surface area contributed by atoms with Crippen LogP contribution in [-0.2, 0) is 0 Å². The van der Waals surface area contributed by atoms with Gasteiger partial charge in [0.2, 0.25) is 0 Å². The number of piperazine rings is 1. The maximum Gasteiger partial charge on any atom is 0.0307 e. The zero-order chi connectivity index (χ0) is 14.8. The van der Waals surface area contributed by atoms with Gasteiger partial charge in [0.25, 0.3) is 0 Å². The highest BCUT2D eigenvalue weighted by Crippen LogP contribution is 2.22. The second-order valence-electron chi connectivity index (χ2n) is 6.46. The van der Waals surface area contributed by atoms with Crippen LogP contribution in [0.15, 0.2) is 28.7 Å². The topological polar surface area (TPSA) is 32.5 Å². The minimum Gasteiger partial charge on any atom is -0.324 e. The summed E-state index contributed by atoms with van der Waals surface area (Å²) in [6, 6.07) is 8.45. The number of nitrogens with two attached hydrogens (primary N) is 1. The Morgan fingerprint density at radius 1 is 1.35 bits per heavy atom. The molecule has 0 amide bonds. The molecule has 1 aromatic carbocycles. The van der Waals surface area contributed by atoms with E-state index in [-0.39, 0.29) is 11.6 Å². The molecular weight excluding hydrogens is 314 g/mol. The van der Waals surface area contributed by atoms with Gasteiger partial charge in [-0.15, -0.1) is 0 Å². The van der Waals surface area contributed by atoms with Gasteiger partial charge in [0.1, 0.15) is 0 Å². The molecule has 1 atom stereocenters. The van der Waals surface area contributed by atoms with Gasteiger partial charge >= 0.3 is 0 Å². The predicted octanol–water partition coefficient (Wildman–Crippen LogP) is 2.87. The molecule has 0 aromatic heterocycles. The molecule has 1 aliphatic heterocycles. The molecule has 1 aromatic rings. The van der Waals surface area contributed by atoms with E-state index < -0.39 is 0 Å². The standard InChI is InChI=1S/C16H26BrN3/c1-16(2)12-20(10-9-19(16)3)8-7-15(18)13-5-4-6-14(17)11-13/h4-6,11,15H,7-10,12,18H2,1-3H3. The van der Waals surface area contributed by atoms with Gasteiger partial charge in [0, 0.05) is 42.2 Å². The van der Waals surface area contributed by atoms with Crippen molar-refractivity contribution >= 4 is 15.9 Å². The monoisotopic (exact) mass is 339 g/mol. The normalized spacial score (nSPS) is 21.9. The lowest BCUT2D eigenvalue weighted by Crippen LogP contribution is -2.57. The first-order valence-electron chi connectivity index (χ1n) is 7.33. The van der Waals surface area contributed by atoms with Gasteiger partial charge in [0.15, 0.2) is 0 Å². The van der Waals surface area contributed by atoms with Crippen molar-refractivity contribution in [3.8, 4) is 0 Å². The summed E-state index contributed by atoms with van der Waals surface area (Å²) >= 11 is 3.51. The van der Waals surface area contributed by atoms with Gasteiger partial charge in [-0.3, -0.25) is 4.90 Å². The van der Waals surface area contributed by atoms with Crippen molar-refractivity contribution in [3.63, 3.8) is 0 Å². The van der Waals surface area contributed by atoms with Crippen LogP contribution in [0.5, 0.6) is 0 Å². The lowest BCUT2D eigenvalue weighted by Gasteiger charge is -2.45. The SMILES string of the molecule is CN1CCN(CCC(N)c2cccc(Br)c2)CC1(C)C. The van der Waals surface area contributed by atoms with E-state index in [1.165, 1.54) is 5.56 Å². The molecule has 112 valence electrons. The van der Waals surface area contributed by atoms with Gasteiger partial charge in [0.05, 0.1) is 0 Å². The van der Waals surface area contributed by atoms with Crippen LogP contribution in [0.3, 0.4) is 0 Å². The summed E-state index contributed by atoms with van der Waals surface area (Å²) in [6.45, 7) is 9.10. The molecule has 4 heteroatoms. The Morgan fingerprint density at radius 3 is 2.75 bits per heavy atom. The third-order valence-electron chi connectivity index (χ3n) is 4.43. The van der Waals surface area contributed by atoms with Crippen LogP contribution in [0.4, 0.5) is 0 Å². The van der Waals surface area contributed by atoms with E-state index in [2.05, 4.69) is 64.8 Å². The molecule has 1 saturated heterocycles. The number of hydrogen-bond donors (Lipinski definition) is 1. The molecule has 3 nitrogen and oxygen atoms in total. The fourth-order valence-electron chi connectivity index (χ4n) is 2.76.